The molecule has 1 atom stereocenters. The molecule has 1 unspecified atom stereocenters. The van der Waals surface area contributed by atoms with E-state index in [1.165, 1.54) is 24.3 Å². The summed E-state index contributed by atoms with van der Waals surface area (Å²) in [4.78, 5) is 17.4. The first-order chi connectivity index (χ1) is 12.4. The Balaban J connectivity index is 2.49. The number of rotatable bonds is 9. The van der Waals surface area contributed by atoms with Crippen LogP contribution in [0.25, 0.3) is 0 Å². The molecule has 0 radical (unpaired) electrons. The molecule has 7 heteroatoms. The van der Waals surface area contributed by atoms with Crippen molar-refractivity contribution >= 4 is 25.3 Å². The zero-order chi connectivity index (χ0) is 19.2. The maximum atomic E-state index is 13.4. The van der Waals surface area contributed by atoms with Crippen molar-refractivity contribution in [1.29, 1.82) is 0 Å². The van der Waals surface area contributed by atoms with Crippen molar-refractivity contribution in [3.05, 3.63) is 65.7 Å². The highest BCUT2D eigenvalue weighted by atomic mass is 28.2. The molecule has 1 aromatic heterocycles. The monoisotopic (exact) mass is 391 g/mol. The van der Waals surface area contributed by atoms with E-state index in [1.54, 1.807) is 12.4 Å². The van der Waals surface area contributed by atoms with Crippen LogP contribution in [0.3, 0.4) is 0 Å². The molecule has 0 aliphatic rings. The zero-order valence-corrected chi connectivity index (χ0v) is 18.6. The van der Waals surface area contributed by atoms with Gasteiger partial charge in [0.1, 0.15) is 12.1 Å². The minimum atomic E-state index is -0.714. The first-order valence-corrected chi connectivity index (χ1v) is 12.8. The van der Waals surface area contributed by atoms with Crippen LogP contribution in [-0.2, 0) is 8.85 Å². The molecule has 1 heterocycles. The third-order valence-electron chi connectivity index (χ3n) is 4.42. The molecule has 4 nitrogen and oxygen atoms in total. The van der Waals surface area contributed by atoms with Gasteiger partial charge in [-0.2, -0.15) is 0 Å². The molecule has 0 spiro atoms. The molecule has 0 N–H and O–H groups in total. The van der Waals surface area contributed by atoms with Crippen LogP contribution in [0.1, 0.15) is 35.7 Å². The van der Waals surface area contributed by atoms with E-state index < -0.39 is 37.1 Å². The summed E-state index contributed by atoms with van der Waals surface area (Å²) < 4.78 is 25.2. The molecule has 0 fully saturated rings. The Morgan fingerprint density at radius 1 is 1.04 bits per heavy atom. The fourth-order valence-corrected chi connectivity index (χ4v) is 5.02. The van der Waals surface area contributed by atoms with Gasteiger partial charge in [-0.3, -0.25) is 9.78 Å². The van der Waals surface area contributed by atoms with E-state index in [0.717, 1.165) is 5.56 Å². The number of nitrogens with zero attached hydrogens (tertiary/aromatic N) is 1. The van der Waals surface area contributed by atoms with Crippen LogP contribution in [0.2, 0.25) is 13.1 Å². The van der Waals surface area contributed by atoms with Crippen molar-refractivity contribution in [2.45, 2.75) is 39.1 Å². The lowest BCUT2D eigenvalue weighted by Gasteiger charge is -2.40. The van der Waals surface area contributed by atoms with E-state index in [0.29, 0.717) is 5.56 Å². The number of hydrogen-bond acceptors (Lipinski definition) is 4. The lowest BCUT2D eigenvalue weighted by molar-refractivity contribution is -0.0856. The minimum Gasteiger partial charge on any atom is -0.400 e. The van der Waals surface area contributed by atoms with Crippen molar-refractivity contribution in [3.8, 4) is 0 Å². The Hall–Kier alpha value is -1.68. The maximum Gasteiger partial charge on any atom is 0.171 e. The lowest BCUT2D eigenvalue weighted by Crippen LogP contribution is -2.43. The van der Waals surface area contributed by atoms with Gasteiger partial charge in [0.05, 0.1) is 5.92 Å². The SMILES string of the molecule is C[SiH2]OC(O[SiH2]C)C(C)(C)C(C(=O)c1ccc(F)cc1)c1ccncc1. The smallest absolute Gasteiger partial charge is 0.171 e. The normalized spacial score (nSPS) is 15.0. The van der Waals surface area contributed by atoms with Crippen LogP contribution < -0.4 is 0 Å². The minimum absolute atomic E-state index is 0.0751. The Labute approximate surface area is 159 Å². The average Bonchev–Trinajstić information content (AvgIpc) is 2.63. The molecule has 0 saturated carbocycles. The van der Waals surface area contributed by atoms with Crippen LogP contribution in [-0.4, -0.2) is 36.6 Å². The van der Waals surface area contributed by atoms with Gasteiger partial charge in [0.2, 0.25) is 0 Å². The highest BCUT2D eigenvalue weighted by molar-refractivity contribution is 6.26. The molecule has 0 aliphatic heterocycles. The van der Waals surface area contributed by atoms with Gasteiger partial charge in [0, 0.05) is 23.4 Å². The number of halogens is 1. The lowest BCUT2D eigenvalue weighted by atomic mass is 9.71. The van der Waals surface area contributed by atoms with Crippen molar-refractivity contribution in [2.75, 3.05) is 0 Å². The molecule has 0 aliphatic carbocycles. The molecule has 1 aromatic carbocycles. The fourth-order valence-electron chi connectivity index (χ4n) is 3.17. The molecule has 0 amide bonds. The molecular formula is C19H26FNO3Si2. The van der Waals surface area contributed by atoms with Gasteiger partial charge in [-0.25, -0.2) is 4.39 Å². The number of ketones is 1. The largest absolute Gasteiger partial charge is 0.400 e. The first-order valence-electron chi connectivity index (χ1n) is 8.84. The number of hydrogen-bond donors (Lipinski definition) is 0. The van der Waals surface area contributed by atoms with Gasteiger partial charge in [-0.15, -0.1) is 0 Å². The standard InChI is InChI=1S/C19H26FNO3Si2/c1-19(2,18(23-25-3)24-26-4)16(13-9-11-21-12-10-13)17(22)14-5-7-15(20)8-6-14/h5-12,16,18H,25-26H2,1-4H3. The van der Waals surface area contributed by atoms with Gasteiger partial charge >= 0.3 is 0 Å². The number of benzene rings is 1. The van der Waals surface area contributed by atoms with Crippen molar-refractivity contribution in [2.24, 2.45) is 5.41 Å². The second-order valence-corrected chi connectivity index (χ2v) is 8.47. The summed E-state index contributed by atoms with van der Waals surface area (Å²) in [5.41, 5.74) is 0.744. The number of carbonyl (C=O) groups is 1. The molecule has 0 saturated heterocycles. The Bertz CT molecular complexity index is 704. The highest BCUT2D eigenvalue weighted by Crippen LogP contribution is 2.42. The topological polar surface area (TPSA) is 48.4 Å². The Kier molecular flexibility index (Phi) is 7.39. The van der Waals surface area contributed by atoms with Crippen LogP contribution in [0.4, 0.5) is 4.39 Å². The second kappa shape index (κ2) is 9.32. The number of aromatic nitrogens is 1. The van der Waals surface area contributed by atoms with Crippen LogP contribution in [0, 0.1) is 11.2 Å². The third-order valence-corrected chi connectivity index (χ3v) is 5.69. The van der Waals surface area contributed by atoms with Gasteiger partial charge in [0.25, 0.3) is 0 Å². The summed E-state index contributed by atoms with van der Waals surface area (Å²) in [6.45, 7) is 8.09. The Morgan fingerprint density at radius 3 is 2.08 bits per heavy atom. The maximum absolute atomic E-state index is 13.4. The van der Waals surface area contributed by atoms with E-state index in [2.05, 4.69) is 4.98 Å². The van der Waals surface area contributed by atoms with Crippen molar-refractivity contribution in [3.63, 3.8) is 0 Å². The van der Waals surface area contributed by atoms with Gasteiger partial charge < -0.3 is 8.85 Å². The average molecular weight is 392 g/mol. The fraction of sp³-hybridized carbons (Fsp3) is 0.368. The van der Waals surface area contributed by atoms with E-state index in [4.69, 9.17) is 8.85 Å². The van der Waals surface area contributed by atoms with Crippen molar-refractivity contribution in [1.82, 2.24) is 4.98 Å². The summed E-state index contributed by atoms with van der Waals surface area (Å²) in [7, 11) is -1.43. The zero-order valence-electron chi connectivity index (χ0n) is 15.7. The third kappa shape index (κ3) is 4.73. The van der Waals surface area contributed by atoms with Crippen LogP contribution >= 0.6 is 0 Å². The molecule has 140 valence electrons. The predicted octanol–water partition coefficient (Wildman–Crippen LogP) is 2.84. The molecule has 26 heavy (non-hydrogen) atoms. The van der Waals surface area contributed by atoms with Crippen molar-refractivity contribution < 1.29 is 18.0 Å². The molecule has 2 aromatic rings. The number of Topliss-reactive ketones (excluding diaryl/α,β-unsaturated/α-hetero) is 1. The Morgan fingerprint density at radius 2 is 1.58 bits per heavy atom. The van der Waals surface area contributed by atoms with E-state index in [1.807, 2.05) is 39.1 Å². The van der Waals surface area contributed by atoms with E-state index in [-0.39, 0.29) is 11.6 Å². The molecular weight excluding hydrogens is 365 g/mol. The van der Waals surface area contributed by atoms with Gasteiger partial charge in [-0.05, 0) is 42.0 Å². The second-order valence-electron chi connectivity index (χ2n) is 6.65. The number of pyridine rings is 1. The van der Waals surface area contributed by atoms with E-state index in [9.17, 15) is 9.18 Å². The highest BCUT2D eigenvalue weighted by Gasteiger charge is 2.43. The molecule has 0 bridgehead atoms. The summed E-state index contributed by atoms with van der Waals surface area (Å²) in [5, 5.41) is 0. The van der Waals surface area contributed by atoms with Gasteiger partial charge in [-0.1, -0.05) is 26.9 Å². The van der Waals surface area contributed by atoms with Crippen LogP contribution in [0.5, 0.6) is 0 Å². The van der Waals surface area contributed by atoms with Gasteiger partial charge in [0.15, 0.2) is 25.3 Å². The van der Waals surface area contributed by atoms with E-state index >= 15 is 0 Å². The summed E-state index contributed by atoms with van der Waals surface area (Å²) in [5.74, 6) is -0.921. The van der Waals surface area contributed by atoms with Crippen LogP contribution in [0.15, 0.2) is 48.8 Å². The predicted molar refractivity (Wildman–Crippen MR) is 106 cm³/mol. The summed E-state index contributed by atoms with van der Waals surface area (Å²) >= 11 is 0. The number of carbonyl (C=O) groups excluding carboxylic acids is 1. The first kappa shape index (κ1) is 20.6. The summed E-state index contributed by atoms with van der Waals surface area (Å²) in [6, 6.07) is 9.37. The quantitative estimate of drug-likeness (QED) is 0.375. The summed E-state index contributed by atoms with van der Waals surface area (Å²) in [6.07, 6.45) is 2.92. The molecule has 2 rings (SSSR count).